The number of hydrogen-bond acceptors (Lipinski definition) is 6. The van der Waals surface area contributed by atoms with Crippen LogP contribution in [-0.4, -0.2) is 45.6 Å². The van der Waals surface area contributed by atoms with Crippen LogP contribution >= 0.6 is 0 Å². The molecule has 0 fully saturated rings. The number of aromatic nitrogens is 2. The van der Waals surface area contributed by atoms with E-state index in [-0.39, 0.29) is 18.8 Å². The Morgan fingerprint density at radius 1 is 1.48 bits per heavy atom. The van der Waals surface area contributed by atoms with Crippen molar-refractivity contribution in [3.8, 4) is 5.75 Å². The Hall–Kier alpha value is -2.68. The zero-order valence-electron chi connectivity index (χ0n) is 12.1. The van der Waals surface area contributed by atoms with Gasteiger partial charge in [0.05, 0.1) is 24.1 Å². The third-order valence-corrected chi connectivity index (χ3v) is 3.54. The molecule has 0 spiro atoms. The fraction of sp³-hybridized carbons (Fsp3) is 0.357. The topological polar surface area (TPSA) is 93.7 Å². The summed E-state index contributed by atoms with van der Waals surface area (Å²) in [6, 6.07) is 4.58. The van der Waals surface area contributed by atoms with E-state index in [4.69, 9.17) is 4.74 Å². The molecule has 1 aromatic carbocycles. The van der Waals surface area contributed by atoms with Crippen LogP contribution in [0.4, 0.5) is 15.8 Å². The van der Waals surface area contributed by atoms with Gasteiger partial charge in [-0.3, -0.25) is 14.8 Å². The average Bonchev–Trinajstić information content (AvgIpc) is 2.96. The molecule has 0 bridgehead atoms. The molecule has 122 valence electrons. The summed E-state index contributed by atoms with van der Waals surface area (Å²) >= 11 is 0. The molecule has 0 amide bonds. The highest BCUT2D eigenvalue weighted by atomic mass is 19.1. The Morgan fingerprint density at radius 3 is 3.04 bits per heavy atom. The number of fused-ring (bicyclic) bond motifs is 1. The van der Waals surface area contributed by atoms with Gasteiger partial charge >= 0.3 is 5.69 Å². The molecule has 8 nitrogen and oxygen atoms in total. The molecule has 1 aliphatic heterocycles. The van der Waals surface area contributed by atoms with Crippen molar-refractivity contribution in [2.75, 3.05) is 24.6 Å². The minimum Gasteiger partial charge on any atom is -0.489 e. The highest BCUT2D eigenvalue weighted by molar-refractivity contribution is 5.60. The number of aliphatic hydroxyl groups excluding tert-OH is 1. The highest BCUT2D eigenvalue weighted by Gasteiger charge is 2.24. The fourth-order valence-electron chi connectivity index (χ4n) is 2.55. The quantitative estimate of drug-likeness (QED) is 0.656. The van der Waals surface area contributed by atoms with Gasteiger partial charge in [-0.2, -0.15) is 5.10 Å². The maximum absolute atomic E-state index is 14.0. The summed E-state index contributed by atoms with van der Waals surface area (Å²) in [6.07, 6.45) is 1.51. The van der Waals surface area contributed by atoms with E-state index in [0.29, 0.717) is 24.6 Å². The van der Waals surface area contributed by atoms with E-state index >= 15 is 0 Å². The van der Waals surface area contributed by atoms with Crippen LogP contribution in [0.5, 0.6) is 5.75 Å². The standard InChI is InChI=1S/C14H15FN4O4/c15-12-2-1-3-13-14(12)17(4-5-23-13)8-11(20)9-18-7-10(6-16-18)19(21)22/h1-3,6-7,11,20H,4-5,8-9H2. The van der Waals surface area contributed by atoms with Crippen molar-refractivity contribution in [1.82, 2.24) is 9.78 Å². The van der Waals surface area contributed by atoms with Gasteiger partial charge in [0.2, 0.25) is 0 Å². The Morgan fingerprint density at radius 2 is 2.30 bits per heavy atom. The molecule has 1 aliphatic rings. The van der Waals surface area contributed by atoms with Crippen molar-refractivity contribution in [2.45, 2.75) is 12.6 Å². The molecule has 0 saturated heterocycles. The second-order valence-electron chi connectivity index (χ2n) is 5.21. The van der Waals surface area contributed by atoms with Gasteiger partial charge in [-0.25, -0.2) is 4.39 Å². The Labute approximate surface area is 130 Å². The Balaban J connectivity index is 1.69. The minimum absolute atomic E-state index is 0.0784. The number of rotatable bonds is 5. The van der Waals surface area contributed by atoms with Gasteiger partial charge in [0, 0.05) is 6.54 Å². The lowest BCUT2D eigenvalue weighted by Crippen LogP contribution is -2.40. The number of hydrogen-bond donors (Lipinski definition) is 1. The van der Waals surface area contributed by atoms with E-state index < -0.39 is 16.8 Å². The lowest BCUT2D eigenvalue weighted by Gasteiger charge is -2.32. The normalized spacial score (nSPS) is 15.0. The zero-order chi connectivity index (χ0) is 16.4. The van der Waals surface area contributed by atoms with Crippen molar-refractivity contribution in [3.05, 3.63) is 46.5 Å². The number of para-hydroxylation sites is 1. The first kappa shape index (κ1) is 15.2. The summed E-state index contributed by atoms with van der Waals surface area (Å²) in [5.41, 5.74) is 0.184. The first-order chi connectivity index (χ1) is 11.0. The second kappa shape index (κ2) is 6.21. The molecule has 2 aromatic rings. The number of nitrogens with zero attached hydrogens (tertiary/aromatic N) is 4. The molecule has 1 aromatic heterocycles. The molecule has 0 saturated carbocycles. The molecule has 23 heavy (non-hydrogen) atoms. The number of benzene rings is 1. The number of nitro groups is 1. The van der Waals surface area contributed by atoms with Gasteiger partial charge in [0.15, 0.2) is 0 Å². The van der Waals surface area contributed by atoms with Gasteiger partial charge in [-0.1, -0.05) is 6.07 Å². The Bertz CT molecular complexity index is 721. The first-order valence-corrected chi connectivity index (χ1v) is 7.06. The third kappa shape index (κ3) is 3.24. The average molecular weight is 322 g/mol. The van der Waals surface area contributed by atoms with Crippen LogP contribution in [0.1, 0.15) is 0 Å². The molecular formula is C14H15FN4O4. The van der Waals surface area contributed by atoms with Crippen LogP contribution in [0.25, 0.3) is 0 Å². The number of β-amino-alcohol motifs (C(OH)–C–C–N with tert-alkyl or cyclic N) is 1. The van der Waals surface area contributed by atoms with E-state index in [1.54, 1.807) is 17.0 Å². The lowest BCUT2D eigenvalue weighted by atomic mass is 10.2. The summed E-state index contributed by atoms with van der Waals surface area (Å²) in [4.78, 5) is 11.8. The molecule has 1 N–H and O–H groups in total. The van der Waals surface area contributed by atoms with E-state index in [0.717, 1.165) is 6.20 Å². The van der Waals surface area contributed by atoms with Gasteiger partial charge in [0.25, 0.3) is 0 Å². The summed E-state index contributed by atoms with van der Waals surface area (Å²) in [7, 11) is 0. The molecule has 2 heterocycles. The number of halogens is 1. The Kier molecular flexibility index (Phi) is 4.11. The predicted molar refractivity (Wildman–Crippen MR) is 79.0 cm³/mol. The van der Waals surface area contributed by atoms with Crippen molar-refractivity contribution < 1.29 is 19.2 Å². The summed E-state index contributed by atoms with van der Waals surface area (Å²) in [5.74, 6) is 0.0299. The molecular weight excluding hydrogens is 307 g/mol. The molecule has 1 atom stereocenters. The number of aliphatic hydroxyl groups is 1. The fourth-order valence-corrected chi connectivity index (χ4v) is 2.55. The third-order valence-electron chi connectivity index (χ3n) is 3.54. The molecule has 3 rings (SSSR count). The van der Waals surface area contributed by atoms with Crippen LogP contribution in [0, 0.1) is 15.9 Å². The van der Waals surface area contributed by atoms with Crippen molar-refractivity contribution in [3.63, 3.8) is 0 Å². The van der Waals surface area contributed by atoms with Gasteiger partial charge in [-0.05, 0) is 12.1 Å². The summed E-state index contributed by atoms with van der Waals surface area (Å²) in [5, 5.41) is 24.6. The second-order valence-corrected chi connectivity index (χ2v) is 5.21. The van der Waals surface area contributed by atoms with E-state index in [9.17, 15) is 19.6 Å². The van der Waals surface area contributed by atoms with Crippen molar-refractivity contribution in [1.29, 1.82) is 0 Å². The maximum atomic E-state index is 14.0. The monoisotopic (exact) mass is 322 g/mol. The van der Waals surface area contributed by atoms with Gasteiger partial charge in [-0.15, -0.1) is 0 Å². The number of anilines is 1. The van der Waals surface area contributed by atoms with Gasteiger partial charge < -0.3 is 14.7 Å². The summed E-state index contributed by atoms with van der Waals surface area (Å²) in [6.45, 7) is 1.10. The lowest BCUT2D eigenvalue weighted by molar-refractivity contribution is -0.385. The summed E-state index contributed by atoms with van der Waals surface area (Å²) < 4.78 is 20.7. The van der Waals surface area contributed by atoms with Crippen LogP contribution < -0.4 is 9.64 Å². The SMILES string of the molecule is O=[N+]([O-])c1cnn(CC(O)CN2CCOc3cccc(F)c32)c1. The van der Waals surface area contributed by atoms with E-state index in [1.807, 2.05) is 0 Å². The predicted octanol–water partition coefficient (Wildman–Crippen LogP) is 1.19. The smallest absolute Gasteiger partial charge is 0.306 e. The largest absolute Gasteiger partial charge is 0.489 e. The minimum atomic E-state index is -0.861. The van der Waals surface area contributed by atoms with Crippen LogP contribution in [0.3, 0.4) is 0 Å². The maximum Gasteiger partial charge on any atom is 0.306 e. The molecule has 0 aliphatic carbocycles. The van der Waals surface area contributed by atoms with Crippen molar-refractivity contribution >= 4 is 11.4 Å². The van der Waals surface area contributed by atoms with Gasteiger partial charge in [0.1, 0.15) is 36.3 Å². The van der Waals surface area contributed by atoms with Crippen LogP contribution in [0.2, 0.25) is 0 Å². The van der Waals surface area contributed by atoms with Crippen LogP contribution in [-0.2, 0) is 6.54 Å². The highest BCUT2D eigenvalue weighted by Crippen LogP contribution is 2.33. The van der Waals surface area contributed by atoms with Crippen molar-refractivity contribution in [2.24, 2.45) is 0 Å². The van der Waals surface area contributed by atoms with E-state index in [2.05, 4.69) is 5.10 Å². The van der Waals surface area contributed by atoms with E-state index in [1.165, 1.54) is 16.9 Å². The first-order valence-electron chi connectivity index (χ1n) is 7.06. The molecule has 9 heteroatoms. The molecule has 0 radical (unpaired) electrons. The van der Waals surface area contributed by atoms with Crippen LogP contribution in [0.15, 0.2) is 30.6 Å². The zero-order valence-corrected chi connectivity index (χ0v) is 12.1. The molecule has 1 unspecified atom stereocenters. The number of ether oxygens (including phenoxy) is 1.